The second kappa shape index (κ2) is 6.38. The highest BCUT2D eigenvalue weighted by Crippen LogP contribution is 2.38. The molecule has 0 unspecified atom stereocenters. The van der Waals surface area contributed by atoms with Crippen LogP contribution in [-0.2, 0) is 16.0 Å². The summed E-state index contributed by atoms with van der Waals surface area (Å²) in [7, 11) is 0. The zero-order valence-corrected chi connectivity index (χ0v) is 15.1. The number of carbonyl (C=O) groups is 2. The van der Waals surface area contributed by atoms with E-state index in [1.54, 1.807) is 6.07 Å². The van der Waals surface area contributed by atoms with Crippen molar-refractivity contribution < 1.29 is 22.8 Å². The number of hydrogen-bond donors (Lipinski definition) is 1. The van der Waals surface area contributed by atoms with Crippen LogP contribution >= 0.6 is 15.9 Å². The van der Waals surface area contributed by atoms with Crippen molar-refractivity contribution in [1.29, 1.82) is 0 Å². The fourth-order valence-corrected chi connectivity index (χ4v) is 2.98. The molecule has 1 aliphatic heterocycles. The van der Waals surface area contributed by atoms with Crippen LogP contribution in [0.5, 0.6) is 0 Å². The first-order chi connectivity index (χ1) is 10.9. The standard InChI is InChI=1S/C16H18BrF3N2O2/c1-15(2,3)8-13(23)21-11-6-9-4-5-22(12(9)7-10(11)17)14(24)16(18,19)20/h6-7H,4-5,8H2,1-3H3,(H,21,23). The Morgan fingerprint density at radius 3 is 2.42 bits per heavy atom. The third-order valence-electron chi connectivity index (χ3n) is 3.52. The van der Waals surface area contributed by atoms with Crippen LogP contribution < -0.4 is 10.2 Å². The first-order valence-corrected chi connectivity index (χ1v) is 8.19. The van der Waals surface area contributed by atoms with Crippen molar-refractivity contribution in [3.63, 3.8) is 0 Å². The van der Waals surface area contributed by atoms with Crippen molar-refractivity contribution in [1.82, 2.24) is 0 Å². The van der Waals surface area contributed by atoms with E-state index in [9.17, 15) is 22.8 Å². The van der Waals surface area contributed by atoms with Crippen LogP contribution in [0.1, 0.15) is 32.8 Å². The molecule has 1 aromatic rings. The lowest BCUT2D eigenvalue weighted by Gasteiger charge is -2.20. The number of amides is 2. The summed E-state index contributed by atoms with van der Waals surface area (Å²) < 4.78 is 38.4. The zero-order valence-electron chi connectivity index (χ0n) is 13.6. The van der Waals surface area contributed by atoms with Gasteiger partial charge < -0.3 is 10.2 Å². The summed E-state index contributed by atoms with van der Waals surface area (Å²) in [6.07, 6.45) is -4.28. The molecule has 0 aliphatic carbocycles. The number of hydrogen-bond acceptors (Lipinski definition) is 2. The van der Waals surface area contributed by atoms with Gasteiger partial charge in [-0.15, -0.1) is 0 Å². The number of anilines is 2. The van der Waals surface area contributed by atoms with E-state index in [1.807, 2.05) is 20.8 Å². The van der Waals surface area contributed by atoms with Crippen molar-refractivity contribution in [2.45, 2.75) is 39.8 Å². The van der Waals surface area contributed by atoms with Gasteiger partial charge in [0.25, 0.3) is 0 Å². The maximum absolute atomic E-state index is 12.6. The molecule has 1 aromatic carbocycles. The molecular formula is C16H18BrF3N2O2. The van der Waals surface area contributed by atoms with Gasteiger partial charge >= 0.3 is 12.1 Å². The van der Waals surface area contributed by atoms with Gasteiger partial charge in [0.1, 0.15) is 0 Å². The molecule has 0 saturated carbocycles. The first kappa shape index (κ1) is 18.8. The summed E-state index contributed by atoms with van der Waals surface area (Å²) >= 11 is 3.25. The number of benzene rings is 1. The molecule has 2 rings (SSSR count). The van der Waals surface area contributed by atoms with E-state index in [1.165, 1.54) is 6.07 Å². The Kier molecular flexibility index (Phi) is 4.99. The topological polar surface area (TPSA) is 49.4 Å². The zero-order chi connectivity index (χ0) is 18.3. The molecule has 0 spiro atoms. The monoisotopic (exact) mass is 406 g/mol. The van der Waals surface area contributed by atoms with E-state index in [-0.39, 0.29) is 23.6 Å². The van der Waals surface area contributed by atoms with Gasteiger partial charge in [-0.25, -0.2) is 0 Å². The summed E-state index contributed by atoms with van der Waals surface area (Å²) in [5.74, 6) is -2.05. The molecule has 8 heteroatoms. The summed E-state index contributed by atoms with van der Waals surface area (Å²) in [6, 6.07) is 3.06. The summed E-state index contributed by atoms with van der Waals surface area (Å²) in [6.45, 7) is 5.78. The van der Waals surface area contributed by atoms with Gasteiger partial charge in [0.05, 0.1) is 5.69 Å². The Balaban J connectivity index is 2.23. The van der Waals surface area contributed by atoms with E-state index in [0.29, 0.717) is 28.6 Å². The Bertz CT molecular complexity index is 681. The fourth-order valence-electron chi connectivity index (χ4n) is 2.55. The van der Waals surface area contributed by atoms with Gasteiger partial charge in [0.15, 0.2) is 0 Å². The molecule has 2 amide bonds. The Morgan fingerprint density at radius 1 is 1.25 bits per heavy atom. The summed E-state index contributed by atoms with van der Waals surface area (Å²) in [4.78, 5) is 24.2. The second-order valence-corrected chi connectivity index (χ2v) is 7.81. The van der Waals surface area contributed by atoms with Crippen molar-refractivity contribution in [2.24, 2.45) is 5.41 Å². The normalized spacial score (nSPS) is 14.5. The SMILES string of the molecule is CC(C)(C)CC(=O)Nc1cc2c(cc1Br)N(C(=O)C(F)(F)F)CC2. The van der Waals surface area contributed by atoms with Gasteiger partial charge in [0, 0.05) is 23.1 Å². The van der Waals surface area contributed by atoms with E-state index in [2.05, 4.69) is 21.2 Å². The number of carbonyl (C=O) groups excluding carboxylic acids is 2. The lowest BCUT2D eigenvalue weighted by Crippen LogP contribution is -2.40. The lowest BCUT2D eigenvalue weighted by molar-refractivity contribution is -0.170. The summed E-state index contributed by atoms with van der Waals surface area (Å²) in [5.41, 5.74) is 1.13. The van der Waals surface area contributed by atoms with E-state index < -0.39 is 12.1 Å². The van der Waals surface area contributed by atoms with Crippen molar-refractivity contribution in [3.05, 3.63) is 22.2 Å². The molecule has 0 aromatic heterocycles. The van der Waals surface area contributed by atoms with Gasteiger partial charge in [0.2, 0.25) is 5.91 Å². The third-order valence-corrected chi connectivity index (χ3v) is 4.17. The average molecular weight is 407 g/mol. The first-order valence-electron chi connectivity index (χ1n) is 7.39. The number of alkyl halides is 3. The predicted octanol–water partition coefficient (Wildman–Crippen LogP) is 4.28. The number of nitrogens with zero attached hydrogens (tertiary/aromatic N) is 1. The molecule has 0 radical (unpaired) electrons. The molecule has 1 heterocycles. The highest BCUT2D eigenvalue weighted by Gasteiger charge is 2.44. The van der Waals surface area contributed by atoms with Crippen LogP contribution in [0.15, 0.2) is 16.6 Å². The predicted molar refractivity (Wildman–Crippen MR) is 89.0 cm³/mol. The van der Waals surface area contributed by atoms with Crippen LogP contribution in [-0.4, -0.2) is 24.5 Å². The van der Waals surface area contributed by atoms with Crippen LogP contribution in [0.25, 0.3) is 0 Å². The van der Waals surface area contributed by atoms with E-state index in [0.717, 1.165) is 4.90 Å². The smallest absolute Gasteiger partial charge is 0.325 e. The molecular weight excluding hydrogens is 389 g/mol. The Labute approximate surface area is 146 Å². The average Bonchev–Trinajstić information content (AvgIpc) is 2.77. The van der Waals surface area contributed by atoms with Crippen LogP contribution in [0, 0.1) is 5.41 Å². The largest absolute Gasteiger partial charge is 0.471 e. The van der Waals surface area contributed by atoms with Crippen molar-refractivity contribution in [3.8, 4) is 0 Å². The molecule has 4 nitrogen and oxygen atoms in total. The third kappa shape index (κ3) is 4.28. The molecule has 1 aliphatic rings. The van der Waals surface area contributed by atoms with E-state index >= 15 is 0 Å². The maximum Gasteiger partial charge on any atom is 0.471 e. The second-order valence-electron chi connectivity index (χ2n) is 6.95. The van der Waals surface area contributed by atoms with Crippen LogP contribution in [0.3, 0.4) is 0 Å². The Hall–Kier alpha value is -1.57. The lowest BCUT2D eigenvalue weighted by atomic mass is 9.92. The number of nitrogens with one attached hydrogen (secondary N) is 1. The summed E-state index contributed by atoms with van der Waals surface area (Å²) in [5, 5.41) is 2.76. The van der Waals surface area contributed by atoms with E-state index in [4.69, 9.17) is 0 Å². The van der Waals surface area contributed by atoms with Gasteiger partial charge in [-0.2, -0.15) is 13.2 Å². The minimum Gasteiger partial charge on any atom is -0.325 e. The molecule has 0 fully saturated rings. The number of rotatable bonds is 2. The number of halogens is 4. The highest BCUT2D eigenvalue weighted by molar-refractivity contribution is 9.10. The maximum atomic E-state index is 12.6. The van der Waals surface area contributed by atoms with Gasteiger partial charge in [-0.3, -0.25) is 9.59 Å². The van der Waals surface area contributed by atoms with Crippen LogP contribution in [0.2, 0.25) is 0 Å². The minimum atomic E-state index is -4.91. The van der Waals surface area contributed by atoms with Gasteiger partial charge in [-0.05, 0) is 45.5 Å². The molecule has 1 N–H and O–H groups in total. The number of fused-ring (bicyclic) bond motifs is 1. The fraction of sp³-hybridized carbons (Fsp3) is 0.500. The molecule has 0 bridgehead atoms. The quantitative estimate of drug-likeness (QED) is 0.796. The molecule has 0 atom stereocenters. The van der Waals surface area contributed by atoms with Crippen molar-refractivity contribution >= 4 is 39.1 Å². The van der Waals surface area contributed by atoms with Gasteiger partial charge in [-0.1, -0.05) is 20.8 Å². The van der Waals surface area contributed by atoms with Crippen molar-refractivity contribution in [2.75, 3.05) is 16.8 Å². The van der Waals surface area contributed by atoms with Crippen LogP contribution in [0.4, 0.5) is 24.5 Å². The Morgan fingerprint density at radius 2 is 1.88 bits per heavy atom. The molecule has 0 saturated heterocycles. The minimum absolute atomic E-state index is 0.0283. The highest BCUT2D eigenvalue weighted by atomic mass is 79.9. The molecule has 132 valence electrons. The molecule has 24 heavy (non-hydrogen) atoms.